The van der Waals surface area contributed by atoms with Gasteiger partial charge in [0.1, 0.15) is 5.82 Å². The van der Waals surface area contributed by atoms with E-state index in [2.05, 4.69) is 16.3 Å². The topological polar surface area (TPSA) is 54.5 Å². The molecule has 6 heteroatoms. The summed E-state index contributed by atoms with van der Waals surface area (Å²) in [6.07, 6.45) is 3.77. The Morgan fingerprint density at radius 3 is 2.88 bits per heavy atom. The summed E-state index contributed by atoms with van der Waals surface area (Å²) in [5.41, 5.74) is 0.931. The largest absolute Gasteiger partial charge is 0.381 e. The number of piperidine rings is 1. The van der Waals surface area contributed by atoms with Gasteiger partial charge >= 0.3 is 0 Å². The van der Waals surface area contributed by atoms with Gasteiger partial charge < -0.3 is 15.0 Å². The summed E-state index contributed by atoms with van der Waals surface area (Å²) in [4.78, 5) is 19.7. The number of anilines is 1. The maximum Gasteiger partial charge on any atom is 0.225 e. The van der Waals surface area contributed by atoms with Crippen LogP contribution in [0.5, 0.6) is 0 Å². The number of carbonyl (C=O) groups excluding carboxylic acids is 1. The van der Waals surface area contributed by atoms with Crippen LogP contribution < -0.4 is 10.2 Å². The summed E-state index contributed by atoms with van der Waals surface area (Å²) in [6, 6.07) is 10.1. The number of nitrogens with zero attached hydrogens (tertiary/aromatic N) is 2. The molecular formula is C20H24ClN3O2. The van der Waals surface area contributed by atoms with Gasteiger partial charge in [-0.2, -0.15) is 0 Å². The van der Waals surface area contributed by atoms with E-state index in [4.69, 9.17) is 21.3 Å². The minimum Gasteiger partial charge on any atom is -0.381 e. The average molecular weight is 374 g/mol. The number of halogens is 1. The molecule has 1 unspecified atom stereocenters. The third-order valence-corrected chi connectivity index (χ3v) is 5.56. The van der Waals surface area contributed by atoms with E-state index in [1.165, 1.54) is 0 Å². The molecular weight excluding hydrogens is 350 g/mol. The number of aromatic nitrogens is 1. The van der Waals surface area contributed by atoms with E-state index in [0.717, 1.165) is 73.7 Å². The maximum atomic E-state index is 12.7. The standard InChI is InChI=1S/C20H24ClN3O2/c21-16-4-5-18-14(12-16)3-6-19(23-18)24-9-1-2-15(13-24)20(25)22-17-7-10-26-11-8-17/h3-6,12,15,17H,1-2,7-11,13H2,(H,22,25). The van der Waals surface area contributed by atoms with Gasteiger partial charge in [-0.1, -0.05) is 11.6 Å². The second-order valence-electron chi connectivity index (χ2n) is 7.19. The molecule has 0 radical (unpaired) electrons. The molecule has 138 valence electrons. The van der Waals surface area contributed by atoms with E-state index in [0.29, 0.717) is 0 Å². The Morgan fingerprint density at radius 1 is 1.19 bits per heavy atom. The Labute approximate surface area is 158 Å². The molecule has 1 amide bonds. The first-order valence-corrected chi connectivity index (χ1v) is 9.76. The molecule has 2 saturated heterocycles. The van der Waals surface area contributed by atoms with Crippen molar-refractivity contribution < 1.29 is 9.53 Å². The molecule has 5 nitrogen and oxygen atoms in total. The number of amides is 1. The van der Waals surface area contributed by atoms with Crippen molar-refractivity contribution in [3.05, 3.63) is 35.4 Å². The number of hydrogen-bond donors (Lipinski definition) is 1. The van der Waals surface area contributed by atoms with Gasteiger partial charge in [-0.15, -0.1) is 0 Å². The van der Waals surface area contributed by atoms with E-state index < -0.39 is 0 Å². The van der Waals surface area contributed by atoms with Crippen molar-refractivity contribution in [2.75, 3.05) is 31.2 Å². The summed E-state index contributed by atoms with van der Waals surface area (Å²) in [5, 5.41) is 4.97. The van der Waals surface area contributed by atoms with E-state index in [9.17, 15) is 4.79 Å². The molecule has 3 heterocycles. The van der Waals surface area contributed by atoms with Gasteiger partial charge in [-0.25, -0.2) is 4.98 Å². The average Bonchev–Trinajstić information content (AvgIpc) is 2.68. The predicted octanol–water partition coefficient (Wildman–Crippen LogP) is 3.40. The molecule has 1 aromatic carbocycles. The number of nitrogens with one attached hydrogen (secondary N) is 1. The molecule has 4 rings (SSSR count). The first-order valence-electron chi connectivity index (χ1n) is 9.38. The fourth-order valence-electron chi connectivity index (χ4n) is 3.82. The van der Waals surface area contributed by atoms with Gasteiger partial charge in [0, 0.05) is 42.8 Å². The third-order valence-electron chi connectivity index (χ3n) is 5.32. The number of ether oxygens (including phenoxy) is 1. The van der Waals surface area contributed by atoms with Crippen LogP contribution >= 0.6 is 11.6 Å². The minimum atomic E-state index is 0.0225. The molecule has 0 aliphatic carbocycles. The van der Waals surface area contributed by atoms with Crippen molar-refractivity contribution in [1.29, 1.82) is 0 Å². The minimum absolute atomic E-state index is 0.0225. The summed E-state index contributed by atoms with van der Waals surface area (Å²) in [6.45, 7) is 3.15. The lowest BCUT2D eigenvalue weighted by atomic mass is 9.96. The second kappa shape index (κ2) is 7.80. The summed E-state index contributed by atoms with van der Waals surface area (Å²) in [7, 11) is 0. The normalized spacial score (nSPS) is 21.7. The molecule has 2 aliphatic heterocycles. The number of hydrogen-bond acceptors (Lipinski definition) is 4. The van der Waals surface area contributed by atoms with Crippen molar-refractivity contribution in [3.8, 4) is 0 Å². The quantitative estimate of drug-likeness (QED) is 0.895. The zero-order valence-corrected chi connectivity index (χ0v) is 15.5. The molecule has 1 atom stereocenters. The van der Waals surface area contributed by atoms with Gasteiger partial charge in [0.2, 0.25) is 5.91 Å². The molecule has 2 aliphatic rings. The SMILES string of the molecule is O=C(NC1CCOCC1)C1CCCN(c2ccc3cc(Cl)ccc3n2)C1. The van der Waals surface area contributed by atoms with Crippen LogP contribution in [-0.2, 0) is 9.53 Å². The number of carbonyl (C=O) groups is 1. The zero-order valence-electron chi connectivity index (χ0n) is 14.8. The van der Waals surface area contributed by atoms with Crippen LogP contribution in [0.15, 0.2) is 30.3 Å². The van der Waals surface area contributed by atoms with Crippen molar-refractivity contribution in [2.45, 2.75) is 31.7 Å². The monoisotopic (exact) mass is 373 g/mol. The van der Waals surface area contributed by atoms with E-state index >= 15 is 0 Å². The fraction of sp³-hybridized carbons (Fsp3) is 0.500. The molecule has 2 fully saturated rings. The highest BCUT2D eigenvalue weighted by molar-refractivity contribution is 6.31. The Balaban J connectivity index is 1.44. The van der Waals surface area contributed by atoms with Gasteiger partial charge in [-0.05, 0) is 56.0 Å². The van der Waals surface area contributed by atoms with E-state index in [1.807, 2.05) is 24.3 Å². The first kappa shape index (κ1) is 17.6. The fourth-order valence-corrected chi connectivity index (χ4v) is 4.00. The molecule has 26 heavy (non-hydrogen) atoms. The molecule has 1 N–H and O–H groups in total. The predicted molar refractivity (Wildman–Crippen MR) is 104 cm³/mol. The first-order chi connectivity index (χ1) is 12.7. The van der Waals surface area contributed by atoms with Crippen LogP contribution in [0.1, 0.15) is 25.7 Å². The highest BCUT2D eigenvalue weighted by atomic mass is 35.5. The lowest BCUT2D eigenvalue weighted by Crippen LogP contribution is -2.47. The lowest BCUT2D eigenvalue weighted by molar-refractivity contribution is -0.126. The number of rotatable bonds is 3. The van der Waals surface area contributed by atoms with Crippen molar-refractivity contribution >= 4 is 34.2 Å². The molecule has 0 saturated carbocycles. The number of benzene rings is 1. The van der Waals surface area contributed by atoms with Crippen LogP contribution in [0.3, 0.4) is 0 Å². The van der Waals surface area contributed by atoms with Crippen molar-refractivity contribution in [3.63, 3.8) is 0 Å². The Bertz CT molecular complexity index is 792. The van der Waals surface area contributed by atoms with E-state index in [1.54, 1.807) is 0 Å². The zero-order chi connectivity index (χ0) is 17.9. The van der Waals surface area contributed by atoms with E-state index in [-0.39, 0.29) is 17.9 Å². The van der Waals surface area contributed by atoms with Crippen molar-refractivity contribution in [2.24, 2.45) is 5.92 Å². The Hall–Kier alpha value is -1.85. The van der Waals surface area contributed by atoms with Gasteiger partial charge in [0.05, 0.1) is 11.4 Å². The Morgan fingerprint density at radius 2 is 2.04 bits per heavy atom. The molecule has 0 spiro atoms. The van der Waals surface area contributed by atoms with Gasteiger partial charge in [-0.3, -0.25) is 4.79 Å². The van der Waals surface area contributed by atoms with Crippen LogP contribution in [0.2, 0.25) is 5.02 Å². The molecule has 0 bridgehead atoms. The van der Waals surface area contributed by atoms with Crippen LogP contribution in [0.4, 0.5) is 5.82 Å². The van der Waals surface area contributed by atoms with Crippen LogP contribution in [-0.4, -0.2) is 43.2 Å². The summed E-state index contributed by atoms with van der Waals surface area (Å²) >= 11 is 6.05. The summed E-state index contributed by atoms with van der Waals surface area (Å²) < 4.78 is 5.37. The highest BCUT2D eigenvalue weighted by Gasteiger charge is 2.28. The smallest absolute Gasteiger partial charge is 0.225 e. The van der Waals surface area contributed by atoms with Crippen molar-refractivity contribution in [1.82, 2.24) is 10.3 Å². The maximum absolute atomic E-state index is 12.7. The third kappa shape index (κ3) is 3.94. The van der Waals surface area contributed by atoms with Crippen LogP contribution in [0.25, 0.3) is 10.9 Å². The Kier molecular flexibility index (Phi) is 5.27. The van der Waals surface area contributed by atoms with Gasteiger partial charge in [0.15, 0.2) is 0 Å². The number of fused-ring (bicyclic) bond motifs is 1. The van der Waals surface area contributed by atoms with Crippen LogP contribution in [0, 0.1) is 5.92 Å². The number of pyridine rings is 1. The molecule has 1 aromatic heterocycles. The molecule has 2 aromatic rings. The summed E-state index contributed by atoms with van der Waals surface area (Å²) in [5.74, 6) is 1.13. The highest BCUT2D eigenvalue weighted by Crippen LogP contribution is 2.25. The van der Waals surface area contributed by atoms with Gasteiger partial charge in [0.25, 0.3) is 0 Å². The second-order valence-corrected chi connectivity index (χ2v) is 7.62. The lowest BCUT2D eigenvalue weighted by Gasteiger charge is -2.34.